The molecule has 0 aromatic carbocycles. The van der Waals surface area contributed by atoms with Gasteiger partial charge in [-0.25, -0.2) is 0 Å². The van der Waals surface area contributed by atoms with E-state index >= 15 is 0 Å². The summed E-state index contributed by atoms with van der Waals surface area (Å²) in [6.07, 6.45) is 0. The minimum atomic E-state index is 0. The molecular formula is C3H11LiSi. The van der Waals surface area contributed by atoms with Crippen LogP contribution in [0.3, 0.4) is 0 Å². The normalized spacial score (nSPS) is 3.00. The second-order valence-corrected chi connectivity index (χ2v) is 0. The van der Waals surface area contributed by atoms with Crippen molar-refractivity contribution in [2.75, 3.05) is 0 Å². The van der Waals surface area contributed by atoms with Crippen LogP contribution < -0.4 is 18.9 Å². The molecule has 0 spiro atoms. The van der Waals surface area contributed by atoms with E-state index in [2.05, 4.69) is 6.55 Å². The predicted octanol–water partition coefficient (Wildman–Crippen LogP) is -2.83. The SMILES string of the molecule is CC.[CH2-][SiH3].[Li+]. The fraction of sp³-hybridized carbons (Fsp3) is 0.667. The van der Waals surface area contributed by atoms with E-state index in [1.165, 1.54) is 0 Å². The molecule has 0 radical (unpaired) electrons. The largest absolute Gasteiger partial charge is 1.00 e. The second-order valence-electron chi connectivity index (χ2n) is 0. The summed E-state index contributed by atoms with van der Waals surface area (Å²) in [6, 6.07) is 0. The van der Waals surface area contributed by atoms with Crippen molar-refractivity contribution in [1.82, 2.24) is 0 Å². The maximum absolute atomic E-state index is 3.39. The molecule has 0 aliphatic rings. The van der Waals surface area contributed by atoms with Gasteiger partial charge >= 0.3 is 18.9 Å². The monoisotopic (exact) mass is 82.1 g/mol. The second kappa shape index (κ2) is 106. The van der Waals surface area contributed by atoms with Crippen LogP contribution in [0.2, 0.25) is 0 Å². The Kier molecular flexibility index (Phi) is 359. The van der Waals surface area contributed by atoms with Crippen LogP contribution in [0.4, 0.5) is 0 Å². The zero-order valence-corrected chi connectivity index (χ0v) is 6.71. The predicted molar refractivity (Wildman–Crippen MR) is 26.6 cm³/mol. The molecule has 0 saturated carbocycles. The van der Waals surface area contributed by atoms with Gasteiger partial charge < -0.3 is 6.55 Å². The third kappa shape index (κ3) is 57.5. The van der Waals surface area contributed by atoms with Crippen molar-refractivity contribution in [3.63, 3.8) is 0 Å². The van der Waals surface area contributed by atoms with Crippen LogP contribution in [-0.2, 0) is 0 Å². The van der Waals surface area contributed by atoms with Crippen LogP contribution in [0.1, 0.15) is 13.8 Å². The molecule has 0 atom stereocenters. The zero-order valence-electron chi connectivity index (χ0n) is 4.71. The summed E-state index contributed by atoms with van der Waals surface area (Å²) < 4.78 is 0. The molecule has 0 aliphatic carbocycles. The first kappa shape index (κ1) is 17.0. The third-order valence-electron chi connectivity index (χ3n) is 0. The zero-order chi connectivity index (χ0) is 4.00. The first-order valence-corrected chi connectivity index (χ1v) is 3.12. The van der Waals surface area contributed by atoms with Gasteiger partial charge in [-0.05, 0) is 0 Å². The van der Waals surface area contributed by atoms with Crippen molar-refractivity contribution in [3.05, 3.63) is 6.55 Å². The Balaban J connectivity index is -0.0000000133. The summed E-state index contributed by atoms with van der Waals surface area (Å²) in [4.78, 5) is 0. The number of rotatable bonds is 0. The van der Waals surface area contributed by atoms with Crippen molar-refractivity contribution >= 4 is 10.2 Å². The minimum absolute atomic E-state index is 0. The molecule has 0 heterocycles. The van der Waals surface area contributed by atoms with Gasteiger partial charge in [0, 0.05) is 0 Å². The van der Waals surface area contributed by atoms with E-state index in [0.717, 1.165) is 10.2 Å². The topological polar surface area (TPSA) is 0 Å². The molecule has 5 heavy (non-hydrogen) atoms. The quantitative estimate of drug-likeness (QED) is 0.218. The maximum atomic E-state index is 3.39. The van der Waals surface area contributed by atoms with Crippen molar-refractivity contribution in [2.24, 2.45) is 0 Å². The molecule has 0 aromatic heterocycles. The fourth-order valence-corrected chi connectivity index (χ4v) is 0. The average Bonchev–Trinajstić information content (AvgIpc) is 1.50. The number of hydrogen-bond acceptors (Lipinski definition) is 0. The van der Waals surface area contributed by atoms with Gasteiger partial charge in [0.05, 0.1) is 0 Å². The fourth-order valence-electron chi connectivity index (χ4n) is 0. The van der Waals surface area contributed by atoms with Gasteiger partial charge in [-0.15, -0.1) is 10.2 Å². The summed E-state index contributed by atoms with van der Waals surface area (Å²) in [7, 11) is 1.06. The summed E-state index contributed by atoms with van der Waals surface area (Å²) in [5, 5.41) is 0. The summed E-state index contributed by atoms with van der Waals surface area (Å²) in [5.74, 6) is 0. The minimum Gasteiger partial charge on any atom is -0.351 e. The Bertz CT molecular complexity index is 6.85. The van der Waals surface area contributed by atoms with Gasteiger partial charge in [-0.1, -0.05) is 13.8 Å². The van der Waals surface area contributed by atoms with Gasteiger partial charge in [-0.3, -0.25) is 0 Å². The first-order chi connectivity index (χ1) is 2.00. The molecule has 0 fully saturated rings. The van der Waals surface area contributed by atoms with Gasteiger partial charge in [0.15, 0.2) is 0 Å². The van der Waals surface area contributed by atoms with Gasteiger partial charge in [0.2, 0.25) is 0 Å². The van der Waals surface area contributed by atoms with Gasteiger partial charge in [0.1, 0.15) is 0 Å². The van der Waals surface area contributed by atoms with Crippen LogP contribution in [0, 0.1) is 6.55 Å². The van der Waals surface area contributed by atoms with Crippen molar-refractivity contribution in [1.29, 1.82) is 0 Å². The van der Waals surface area contributed by atoms with Crippen LogP contribution in [0.5, 0.6) is 0 Å². The average molecular weight is 82.1 g/mol. The molecule has 2 heteroatoms. The van der Waals surface area contributed by atoms with E-state index in [0.29, 0.717) is 0 Å². The van der Waals surface area contributed by atoms with E-state index in [-0.39, 0.29) is 18.9 Å². The Hall–Kier alpha value is 0.814. The van der Waals surface area contributed by atoms with Crippen molar-refractivity contribution < 1.29 is 18.9 Å². The van der Waals surface area contributed by atoms with Crippen LogP contribution in [-0.4, -0.2) is 10.2 Å². The molecule has 0 saturated heterocycles. The van der Waals surface area contributed by atoms with Crippen LogP contribution in [0.25, 0.3) is 0 Å². The summed E-state index contributed by atoms with van der Waals surface area (Å²) >= 11 is 0. The molecule has 0 aromatic rings. The number of hydrogen-bond donors (Lipinski definition) is 0. The van der Waals surface area contributed by atoms with E-state index in [4.69, 9.17) is 0 Å². The maximum Gasteiger partial charge on any atom is 1.00 e. The van der Waals surface area contributed by atoms with E-state index in [1.54, 1.807) is 0 Å². The Labute approximate surface area is 49.9 Å². The van der Waals surface area contributed by atoms with Gasteiger partial charge in [0.25, 0.3) is 0 Å². The Morgan fingerprint density at radius 2 is 1.20 bits per heavy atom. The molecule has 0 unspecified atom stereocenters. The molecule has 0 bridgehead atoms. The van der Waals surface area contributed by atoms with E-state index in [9.17, 15) is 0 Å². The van der Waals surface area contributed by atoms with Crippen molar-refractivity contribution in [3.8, 4) is 0 Å². The molecule has 0 N–H and O–H groups in total. The first-order valence-electron chi connectivity index (χ1n) is 1.71. The Morgan fingerprint density at radius 3 is 1.20 bits per heavy atom. The molecule has 0 rings (SSSR count). The Morgan fingerprint density at radius 1 is 1.20 bits per heavy atom. The molecule has 0 nitrogen and oxygen atoms in total. The van der Waals surface area contributed by atoms with E-state index in [1.807, 2.05) is 13.8 Å². The molecule has 0 aliphatic heterocycles. The van der Waals surface area contributed by atoms with Crippen LogP contribution in [0.15, 0.2) is 0 Å². The summed E-state index contributed by atoms with van der Waals surface area (Å²) in [5.41, 5.74) is 0. The van der Waals surface area contributed by atoms with Gasteiger partial charge in [-0.2, -0.15) is 0 Å². The molecule has 28 valence electrons. The molecular weight excluding hydrogens is 71.1 g/mol. The smallest absolute Gasteiger partial charge is 0.351 e. The van der Waals surface area contributed by atoms with Crippen LogP contribution >= 0.6 is 0 Å². The summed E-state index contributed by atoms with van der Waals surface area (Å²) in [6.45, 7) is 7.39. The standard InChI is InChI=1S/C2H6.CH5Si.Li/c2*1-2;/h1-2H3;1H2,2H3;/q;-1;+1. The van der Waals surface area contributed by atoms with Crippen molar-refractivity contribution in [2.45, 2.75) is 13.8 Å². The van der Waals surface area contributed by atoms with E-state index < -0.39 is 0 Å². The molecule has 0 amide bonds. The third-order valence-corrected chi connectivity index (χ3v) is 0.